The van der Waals surface area contributed by atoms with E-state index in [0.29, 0.717) is 31.6 Å². The maximum absolute atomic E-state index is 13.7. The van der Waals surface area contributed by atoms with Crippen molar-refractivity contribution in [2.24, 2.45) is 5.92 Å². The molecule has 1 aliphatic heterocycles. The molecule has 1 N–H and O–H groups in total. The molecule has 0 spiro atoms. The van der Waals surface area contributed by atoms with Crippen molar-refractivity contribution in [1.29, 1.82) is 0 Å². The number of hydrogen-bond acceptors (Lipinski definition) is 5. The summed E-state index contributed by atoms with van der Waals surface area (Å²) in [7, 11) is -3.90. The summed E-state index contributed by atoms with van der Waals surface area (Å²) in [6.45, 7) is 8.64. The minimum Gasteiger partial charge on any atom is -0.355 e. The highest BCUT2D eigenvalue weighted by molar-refractivity contribution is 7.89. The summed E-state index contributed by atoms with van der Waals surface area (Å²) < 4.78 is 34.2. The van der Waals surface area contributed by atoms with Gasteiger partial charge in [0.2, 0.25) is 15.9 Å². The van der Waals surface area contributed by atoms with Crippen LogP contribution in [0.2, 0.25) is 0 Å². The third-order valence-corrected chi connectivity index (χ3v) is 8.66. The van der Waals surface area contributed by atoms with Gasteiger partial charge in [-0.05, 0) is 68.9 Å². The van der Waals surface area contributed by atoms with Crippen LogP contribution in [-0.2, 0) is 21.4 Å². The summed E-state index contributed by atoms with van der Waals surface area (Å²) in [5.74, 6) is -0.344. The molecule has 2 heterocycles. The average Bonchev–Trinajstić information content (AvgIpc) is 3.23. The number of rotatable bonds is 7. The van der Waals surface area contributed by atoms with Crippen molar-refractivity contribution in [2.45, 2.75) is 52.0 Å². The van der Waals surface area contributed by atoms with Crippen LogP contribution in [0.3, 0.4) is 0 Å². The number of hydrogen-bond donors (Lipinski definition) is 1. The minimum absolute atomic E-state index is 0.0616. The fraction of sp³-hybridized carbons (Fsp3) is 0.357. The van der Waals surface area contributed by atoms with Crippen LogP contribution in [0.25, 0.3) is 12.2 Å². The Morgan fingerprint density at radius 2 is 1.81 bits per heavy atom. The second-order valence-electron chi connectivity index (χ2n) is 9.51. The molecule has 1 aliphatic rings. The van der Waals surface area contributed by atoms with E-state index in [1.807, 2.05) is 57.2 Å². The van der Waals surface area contributed by atoms with Crippen LogP contribution in [0.1, 0.15) is 52.1 Å². The number of carbonyl (C=O) groups is 1. The zero-order chi connectivity index (χ0) is 25.9. The molecular formula is C28H33N3O4S. The first-order chi connectivity index (χ1) is 17.2. The summed E-state index contributed by atoms with van der Waals surface area (Å²) in [6.07, 6.45) is 4.80. The number of piperidine rings is 1. The fourth-order valence-corrected chi connectivity index (χ4v) is 6.62. The Morgan fingerprint density at radius 1 is 1.11 bits per heavy atom. The smallest absolute Gasteiger partial charge is 0.248 e. The number of amides is 1. The summed E-state index contributed by atoms with van der Waals surface area (Å²) in [4.78, 5) is 12.9. The number of nitrogens with one attached hydrogen (secondary N) is 1. The molecule has 1 aromatic heterocycles. The van der Waals surface area contributed by atoms with Gasteiger partial charge in [-0.15, -0.1) is 0 Å². The molecule has 0 unspecified atom stereocenters. The summed E-state index contributed by atoms with van der Waals surface area (Å²) in [6, 6.07) is 13.8. The van der Waals surface area contributed by atoms with Gasteiger partial charge in [-0.3, -0.25) is 4.79 Å². The minimum atomic E-state index is -3.90. The lowest BCUT2D eigenvalue weighted by atomic mass is 9.99. The van der Waals surface area contributed by atoms with E-state index in [9.17, 15) is 13.2 Å². The molecule has 0 bridgehead atoms. The number of sulfonamides is 1. The van der Waals surface area contributed by atoms with Crippen molar-refractivity contribution >= 4 is 28.1 Å². The van der Waals surface area contributed by atoms with Gasteiger partial charge in [0, 0.05) is 19.6 Å². The van der Waals surface area contributed by atoms with Crippen LogP contribution < -0.4 is 5.32 Å². The lowest BCUT2D eigenvalue weighted by molar-refractivity contribution is -0.126. The van der Waals surface area contributed by atoms with E-state index < -0.39 is 15.9 Å². The van der Waals surface area contributed by atoms with Gasteiger partial charge in [0.1, 0.15) is 5.69 Å². The number of benzene rings is 2. The third kappa shape index (κ3) is 5.60. The Hall–Kier alpha value is -3.23. The summed E-state index contributed by atoms with van der Waals surface area (Å²) in [5.41, 5.74) is 5.71. The van der Waals surface area contributed by atoms with Crippen molar-refractivity contribution in [3.05, 3.63) is 81.7 Å². The number of carbonyl (C=O) groups excluding carboxylic acids is 1. The molecule has 1 amide bonds. The zero-order valence-electron chi connectivity index (χ0n) is 21.2. The van der Waals surface area contributed by atoms with E-state index in [0.717, 1.165) is 22.3 Å². The highest BCUT2D eigenvalue weighted by Gasteiger charge is 2.36. The monoisotopic (exact) mass is 507 g/mol. The Morgan fingerprint density at radius 3 is 2.50 bits per heavy atom. The Bertz CT molecular complexity index is 1350. The molecule has 0 aliphatic carbocycles. The predicted molar refractivity (Wildman–Crippen MR) is 141 cm³/mol. The molecule has 36 heavy (non-hydrogen) atoms. The molecular weight excluding hydrogens is 474 g/mol. The Labute approximate surface area is 213 Å². The SMILES string of the molecule is Cc1cc(C)c(/C=C/c2onc(C)c2S(=O)(=O)N2CCC[C@@H](C(=O)NCc3ccccc3)C2)c(C)c1. The largest absolute Gasteiger partial charge is 0.355 e. The van der Waals surface area contributed by atoms with Gasteiger partial charge in [0.25, 0.3) is 0 Å². The van der Waals surface area contributed by atoms with Gasteiger partial charge in [0.05, 0.1) is 5.92 Å². The standard InChI is InChI=1S/C28H33N3O4S/c1-19-15-20(2)25(21(3)16-19)12-13-26-27(22(4)30-35-26)36(33,34)31-14-8-11-24(18-31)28(32)29-17-23-9-6-5-7-10-23/h5-7,9-10,12-13,15-16,24H,8,11,14,17-18H2,1-4H3,(H,29,32)/b13-12+/t24-/m1/s1. The Balaban J connectivity index is 1.52. The lowest BCUT2D eigenvalue weighted by Crippen LogP contribution is -2.45. The molecule has 2 aromatic carbocycles. The second-order valence-corrected chi connectivity index (χ2v) is 11.4. The molecule has 1 saturated heterocycles. The molecule has 190 valence electrons. The Kier molecular flexibility index (Phi) is 7.76. The normalized spacial score (nSPS) is 16.9. The maximum Gasteiger partial charge on any atom is 0.248 e. The molecule has 7 nitrogen and oxygen atoms in total. The first-order valence-corrected chi connectivity index (χ1v) is 13.6. The number of aryl methyl sites for hydroxylation is 4. The van der Waals surface area contributed by atoms with Gasteiger partial charge >= 0.3 is 0 Å². The van der Waals surface area contributed by atoms with Crippen LogP contribution in [0.5, 0.6) is 0 Å². The summed E-state index contributed by atoms with van der Waals surface area (Å²) in [5, 5.41) is 6.90. The third-order valence-electron chi connectivity index (χ3n) is 6.64. The molecule has 1 atom stereocenters. The molecule has 3 aromatic rings. The van der Waals surface area contributed by atoms with E-state index in [1.165, 1.54) is 9.87 Å². The van der Waals surface area contributed by atoms with Gasteiger partial charge in [-0.1, -0.05) is 59.3 Å². The first-order valence-electron chi connectivity index (χ1n) is 12.2. The highest BCUT2D eigenvalue weighted by atomic mass is 32.2. The van der Waals surface area contributed by atoms with Gasteiger partial charge in [-0.25, -0.2) is 8.42 Å². The van der Waals surface area contributed by atoms with E-state index in [2.05, 4.69) is 22.6 Å². The van der Waals surface area contributed by atoms with Crippen molar-refractivity contribution in [3.63, 3.8) is 0 Å². The quantitative estimate of drug-likeness (QED) is 0.496. The van der Waals surface area contributed by atoms with Gasteiger partial charge in [-0.2, -0.15) is 4.31 Å². The van der Waals surface area contributed by atoms with Crippen LogP contribution in [0.15, 0.2) is 51.9 Å². The van der Waals surface area contributed by atoms with E-state index in [-0.39, 0.29) is 23.1 Å². The number of nitrogens with zero attached hydrogens (tertiary/aromatic N) is 2. The second kappa shape index (κ2) is 10.8. The fourth-order valence-electron chi connectivity index (χ4n) is 4.85. The first kappa shape index (κ1) is 25.9. The number of aromatic nitrogens is 1. The molecule has 0 radical (unpaired) electrons. The topological polar surface area (TPSA) is 92.5 Å². The van der Waals surface area contributed by atoms with Crippen molar-refractivity contribution < 1.29 is 17.7 Å². The van der Waals surface area contributed by atoms with E-state index in [4.69, 9.17) is 4.52 Å². The van der Waals surface area contributed by atoms with Crippen molar-refractivity contribution in [2.75, 3.05) is 13.1 Å². The van der Waals surface area contributed by atoms with Gasteiger partial charge in [0.15, 0.2) is 10.7 Å². The molecule has 4 rings (SSSR count). The molecule has 1 fully saturated rings. The van der Waals surface area contributed by atoms with E-state index >= 15 is 0 Å². The van der Waals surface area contributed by atoms with Crippen LogP contribution in [0.4, 0.5) is 0 Å². The van der Waals surface area contributed by atoms with Crippen LogP contribution in [-0.4, -0.2) is 36.9 Å². The van der Waals surface area contributed by atoms with Crippen molar-refractivity contribution in [3.8, 4) is 0 Å². The van der Waals surface area contributed by atoms with Gasteiger partial charge < -0.3 is 9.84 Å². The lowest BCUT2D eigenvalue weighted by Gasteiger charge is -2.31. The average molecular weight is 508 g/mol. The zero-order valence-corrected chi connectivity index (χ0v) is 22.1. The molecule has 0 saturated carbocycles. The summed E-state index contributed by atoms with van der Waals surface area (Å²) >= 11 is 0. The van der Waals surface area contributed by atoms with E-state index in [1.54, 1.807) is 13.0 Å². The van der Waals surface area contributed by atoms with Crippen LogP contribution >= 0.6 is 0 Å². The van der Waals surface area contributed by atoms with Crippen LogP contribution in [0, 0.1) is 33.6 Å². The maximum atomic E-state index is 13.7. The predicted octanol–water partition coefficient (Wildman–Crippen LogP) is 4.80. The van der Waals surface area contributed by atoms with Crippen molar-refractivity contribution in [1.82, 2.24) is 14.8 Å². The highest BCUT2D eigenvalue weighted by Crippen LogP contribution is 2.30. The molecule has 8 heteroatoms.